The maximum Gasteiger partial charge on any atom is 0.125 e. The van der Waals surface area contributed by atoms with Gasteiger partial charge in [0, 0.05) is 5.02 Å². The van der Waals surface area contributed by atoms with Crippen molar-refractivity contribution in [2.45, 2.75) is 6.61 Å². The largest absolute Gasteiger partial charge is 0.488 e. The Morgan fingerprint density at radius 2 is 2.08 bits per heavy atom. The standard InChI is InChI=1S/C10H9ClO/c1-2-7-12-8-9-3-5-10(11)6-4-9/h3-7H,1,8H2. The molecule has 0 fully saturated rings. The molecule has 1 aromatic rings. The van der Waals surface area contributed by atoms with Crippen molar-refractivity contribution in [3.63, 3.8) is 0 Å². The van der Waals surface area contributed by atoms with Gasteiger partial charge in [-0.1, -0.05) is 36.0 Å². The van der Waals surface area contributed by atoms with Gasteiger partial charge in [0.05, 0.1) is 0 Å². The molecule has 0 heterocycles. The highest BCUT2D eigenvalue weighted by molar-refractivity contribution is 6.30. The van der Waals surface area contributed by atoms with Gasteiger partial charge in [-0.05, 0) is 17.7 Å². The van der Waals surface area contributed by atoms with Crippen LogP contribution in [0, 0.1) is 0 Å². The summed E-state index contributed by atoms with van der Waals surface area (Å²) in [7, 11) is 0. The molecule has 0 aliphatic carbocycles. The third-order valence-corrected chi connectivity index (χ3v) is 1.58. The molecule has 0 aliphatic heterocycles. The van der Waals surface area contributed by atoms with Crippen LogP contribution in [0.3, 0.4) is 0 Å². The molecule has 0 aromatic heterocycles. The lowest BCUT2D eigenvalue weighted by molar-refractivity contribution is 0.237. The second-order valence-electron chi connectivity index (χ2n) is 2.26. The molecule has 1 nitrogen and oxygen atoms in total. The first-order valence-electron chi connectivity index (χ1n) is 3.53. The van der Waals surface area contributed by atoms with E-state index in [0.717, 1.165) is 10.6 Å². The quantitative estimate of drug-likeness (QED) is 0.513. The maximum atomic E-state index is 5.70. The van der Waals surface area contributed by atoms with E-state index in [1.54, 1.807) is 0 Å². The summed E-state index contributed by atoms with van der Waals surface area (Å²) in [6.07, 6.45) is 1.44. The highest BCUT2D eigenvalue weighted by Gasteiger charge is 1.90. The van der Waals surface area contributed by atoms with Gasteiger partial charge in [0.25, 0.3) is 0 Å². The van der Waals surface area contributed by atoms with Crippen LogP contribution in [0.25, 0.3) is 0 Å². The van der Waals surface area contributed by atoms with Gasteiger partial charge >= 0.3 is 0 Å². The van der Waals surface area contributed by atoms with Gasteiger partial charge in [-0.15, -0.1) is 0 Å². The molecule has 0 saturated heterocycles. The number of halogens is 1. The Bertz CT molecular complexity index is 283. The molecule has 62 valence electrons. The molecule has 0 unspecified atom stereocenters. The molecule has 0 atom stereocenters. The highest BCUT2D eigenvalue weighted by Crippen LogP contribution is 2.09. The summed E-state index contributed by atoms with van der Waals surface area (Å²) in [5.74, 6) is 0. The zero-order valence-electron chi connectivity index (χ0n) is 6.59. The number of hydrogen-bond acceptors (Lipinski definition) is 1. The SMILES string of the molecule is C=C=COCc1ccc(Cl)cc1. The molecule has 0 spiro atoms. The van der Waals surface area contributed by atoms with Gasteiger partial charge in [0.15, 0.2) is 0 Å². The third-order valence-electron chi connectivity index (χ3n) is 1.33. The van der Waals surface area contributed by atoms with E-state index in [9.17, 15) is 0 Å². The van der Waals surface area contributed by atoms with Gasteiger partial charge in [-0.2, -0.15) is 0 Å². The van der Waals surface area contributed by atoms with Crippen molar-refractivity contribution in [2.75, 3.05) is 0 Å². The van der Waals surface area contributed by atoms with Gasteiger partial charge in [0.2, 0.25) is 0 Å². The number of ether oxygens (including phenoxy) is 1. The Morgan fingerprint density at radius 1 is 1.42 bits per heavy atom. The minimum atomic E-state index is 0.527. The summed E-state index contributed by atoms with van der Waals surface area (Å²) >= 11 is 5.70. The van der Waals surface area contributed by atoms with Gasteiger partial charge in [0.1, 0.15) is 12.9 Å². The van der Waals surface area contributed by atoms with E-state index >= 15 is 0 Å². The van der Waals surface area contributed by atoms with Crippen LogP contribution in [-0.4, -0.2) is 0 Å². The average Bonchev–Trinajstić information content (AvgIpc) is 2.09. The normalized spacial score (nSPS) is 8.75. The number of hydrogen-bond donors (Lipinski definition) is 0. The first kappa shape index (κ1) is 8.92. The van der Waals surface area contributed by atoms with E-state index in [4.69, 9.17) is 16.3 Å². The minimum Gasteiger partial charge on any atom is -0.488 e. The predicted molar refractivity (Wildman–Crippen MR) is 50.0 cm³/mol. The smallest absolute Gasteiger partial charge is 0.125 e. The van der Waals surface area contributed by atoms with Crippen molar-refractivity contribution in [1.82, 2.24) is 0 Å². The molecule has 1 aromatic carbocycles. The number of rotatable bonds is 3. The fourth-order valence-electron chi connectivity index (χ4n) is 0.777. The van der Waals surface area contributed by atoms with Crippen molar-refractivity contribution in [2.24, 2.45) is 0 Å². The van der Waals surface area contributed by atoms with Crippen LogP contribution >= 0.6 is 11.6 Å². The van der Waals surface area contributed by atoms with Gasteiger partial charge < -0.3 is 4.74 Å². The fraction of sp³-hybridized carbons (Fsp3) is 0.100. The Hall–Kier alpha value is -1.17. The molecule has 0 amide bonds. The maximum absolute atomic E-state index is 5.70. The second-order valence-corrected chi connectivity index (χ2v) is 2.70. The monoisotopic (exact) mass is 180 g/mol. The summed E-state index contributed by atoms with van der Waals surface area (Å²) in [4.78, 5) is 0. The van der Waals surface area contributed by atoms with Crippen LogP contribution in [0.1, 0.15) is 5.56 Å². The minimum absolute atomic E-state index is 0.527. The lowest BCUT2D eigenvalue weighted by atomic mass is 10.2. The summed E-state index contributed by atoms with van der Waals surface area (Å²) < 4.78 is 5.07. The highest BCUT2D eigenvalue weighted by atomic mass is 35.5. The molecule has 0 aliphatic rings. The molecule has 2 heteroatoms. The van der Waals surface area contributed by atoms with E-state index in [2.05, 4.69) is 12.3 Å². The Morgan fingerprint density at radius 3 is 2.67 bits per heavy atom. The summed E-state index contributed by atoms with van der Waals surface area (Å²) in [6, 6.07) is 7.49. The zero-order chi connectivity index (χ0) is 8.81. The van der Waals surface area contributed by atoms with Crippen LogP contribution in [0.5, 0.6) is 0 Å². The summed E-state index contributed by atoms with van der Waals surface area (Å²) in [5, 5.41) is 0.734. The van der Waals surface area contributed by atoms with E-state index < -0.39 is 0 Å². The zero-order valence-corrected chi connectivity index (χ0v) is 7.34. The molecule has 0 N–H and O–H groups in total. The van der Waals surface area contributed by atoms with E-state index in [0.29, 0.717) is 6.61 Å². The Labute approximate surface area is 76.9 Å². The molecule has 1 rings (SSSR count). The van der Waals surface area contributed by atoms with E-state index in [-0.39, 0.29) is 0 Å². The summed E-state index contributed by atoms with van der Waals surface area (Å²) in [6.45, 7) is 3.91. The lowest BCUT2D eigenvalue weighted by Crippen LogP contribution is -1.84. The third kappa shape index (κ3) is 2.83. The van der Waals surface area contributed by atoms with Crippen molar-refractivity contribution >= 4 is 11.6 Å². The first-order chi connectivity index (χ1) is 5.83. The Kier molecular flexibility index (Phi) is 3.46. The van der Waals surface area contributed by atoms with Crippen molar-refractivity contribution < 1.29 is 4.74 Å². The molecule has 0 radical (unpaired) electrons. The fourth-order valence-corrected chi connectivity index (χ4v) is 0.903. The first-order valence-corrected chi connectivity index (χ1v) is 3.91. The second kappa shape index (κ2) is 4.66. The van der Waals surface area contributed by atoms with Crippen molar-refractivity contribution in [3.05, 3.63) is 53.4 Å². The van der Waals surface area contributed by atoms with Crippen molar-refractivity contribution in [1.29, 1.82) is 0 Å². The average molecular weight is 181 g/mol. The molecule has 12 heavy (non-hydrogen) atoms. The predicted octanol–water partition coefficient (Wildman–Crippen LogP) is 3.16. The molecule has 0 saturated carbocycles. The van der Waals surface area contributed by atoms with Crippen LogP contribution in [0.2, 0.25) is 5.02 Å². The Balaban J connectivity index is 2.53. The van der Waals surface area contributed by atoms with Crippen molar-refractivity contribution in [3.8, 4) is 0 Å². The van der Waals surface area contributed by atoms with Crippen LogP contribution in [0.15, 0.2) is 42.8 Å². The molecular formula is C10H9ClO. The van der Waals surface area contributed by atoms with Gasteiger partial charge in [-0.3, -0.25) is 0 Å². The lowest BCUT2D eigenvalue weighted by Gasteiger charge is -1.99. The van der Waals surface area contributed by atoms with Gasteiger partial charge in [-0.25, -0.2) is 0 Å². The molecule has 0 bridgehead atoms. The number of benzene rings is 1. The van der Waals surface area contributed by atoms with E-state index in [1.165, 1.54) is 6.26 Å². The topological polar surface area (TPSA) is 9.23 Å². The van der Waals surface area contributed by atoms with Crippen LogP contribution in [0.4, 0.5) is 0 Å². The van der Waals surface area contributed by atoms with E-state index in [1.807, 2.05) is 24.3 Å². The van der Waals surface area contributed by atoms with Crippen LogP contribution < -0.4 is 0 Å². The van der Waals surface area contributed by atoms with Crippen LogP contribution in [-0.2, 0) is 11.3 Å². The molecular weight excluding hydrogens is 172 g/mol. The summed E-state index contributed by atoms with van der Waals surface area (Å²) in [5.41, 5.74) is 3.60.